The Hall–Kier alpha value is -1.41. The van der Waals surface area contributed by atoms with Crippen molar-refractivity contribution in [2.75, 3.05) is 0 Å². The van der Waals surface area contributed by atoms with E-state index in [0.29, 0.717) is 5.41 Å². The molecule has 3 fully saturated rings. The smallest absolute Gasteiger partial charge is 0.192 e. The number of hydrogen-bond donors (Lipinski definition) is 0. The first-order chi connectivity index (χ1) is 15.4. The molecule has 2 heteroatoms. The highest BCUT2D eigenvalue weighted by atomic mass is 79.9. The fraction of sp³-hybridized carbons (Fsp3) is 0.567. The van der Waals surface area contributed by atoms with Crippen molar-refractivity contribution >= 4 is 37.6 Å². The van der Waals surface area contributed by atoms with Crippen LogP contribution in [-0.2, 0) is 11.0 Å². The molecule has 0 amide bonds. The summed E-state index contributed by atoms with van der Waals surface area (Å²) in [5.41, 5.74) is 7.51. The van der Waals surface area contributed by atoms with E-state index in [1.165, 1.54) is 46.4 Å². The highest BCUT2D eigenvalue weighted by Crippen LogP contribution is 2.82. The summed E-state index contributed by atoms with van der Waals surface area (Å²) in [6.07, 6.45) is 11.0. The van der Waals surface area contributed by atoms with Crippen LogP contribution in [0.4, 0.5) is 0 Å². The van der Waals surface area contributed by atoms with Crippen molar-refractivity contribution in [1.82, 2.24) is 0 Å². The Morgan fingerprint density at radius 2 is 1.75 bits per heavy atom. The van der Waals surface area contributed by atoms with Gasteiger partial charge in [-0.15, -0.1) is 0 Å². The van der Waals surface area contributed by atoms with Crippen LogP contribution in [0.1, 0.15) is 94.7 Å². The van der Waals surface area contributed by atoms with Crippen molar-refractivity contribution in [2.45, 2.75) is 89.0 Å². The van der Waals surface area contributed by atoms with Gasteiger partial charge in [0.1, 0.15) is 0 Å². The zero-order chi connectivity index (χ0) is 21.8. The zero-order valence-electron chi connectivity index (χ0n) is 19.8. The van der Waals surface area contributed by atoms with E-state index in [1.807, 2.05) is 0 Å². The minimum Gasteiger partial charge on any atom is -0.192 e. The number of pyridine rings is 1. The molecule has 7 atom stereocenters. The van der Waals surface area contributed by atoms with Gasteiger partial charge in [-0.25, -0.2) is 0 Å². The Kier molecular flexibility index (Phi) is 3.23. The van der Waals surface area contributed by atoms with E-state index in [2.05, 4.69) is 78.7 Å². The maximum Gasteiger partial charge on any atom is 0.221 e. The van der Waals surface area contributed by atoms with Crippen LogP contribution in [0.15, 0.2) is 34.9 Å². The molecule has 2 heterocycles. The summed E-state index contributed by atoms with van der Waals surface area (Å²) in [7, 11) is 0. The average Bonchev–Trinajstić information content (AvgIpc) is 3.17. The van der Waals surface area contributed by atoms with Gasteiger partial charge in [0.25, 0.3) is 0 Å². The van der Waals surface area contributed by atoms with Crippen LogP contribution in [0, 0.1) is 17.3 Å². The molecule has 3 saturated carbocycles. The number of halogens is 1. The molecular weight excluding hydrogens is 454 g/mol. The number of rotatable bonds is 2. The summed E-state index contributed by atoms with van der Waals surface area (Å²) in [4.78, 5) is 0. The SMILES string of the molecule is CCC1(C)c2ccc(Br)c3ccc4c5c(c[n+](c4c23)C1(C)CC)C1CC2CC3CC5CC321. The van der Waals surface area contributed by atoms with Crippen LogP contribution in [0.25, 0.3) is 21.7 Å². The standard InChI is InChI=1S/C30H33BrN/c1-5-28(3)22-9-10-24(31)19-7-8-20-25-16-11-17-12-18-13-23(30(17,18)14-16)21(25)15-32(27(20)26(19)22)29(28,4)6-2/h7-10,15-18,23H,5-6,11-14H2,1-4H3/q+1. The van der Waals surface area contributed by atoms with Crippen LogP contribution in [0.2, 0.25) is 0 Å². The average molecular weight is 488 g/mol. The van der Waals surface area contributed by atoms with Crippen molar-refractivity contribution in [2.24, 2.45) is 17.3 Å². The normalized spacial score (nSPS) is 42.0. The van der Waals surface area contributed by atoms with E-state index in [0.717, 1.165) is 36.5 Å². The van der Waals surface area contributed by atoms with Gasteiger partial charge in [-0.05, 0) is 91.4 Å². The predicted octanol–water partition coefficient (Wildman–Crippen LogP) is 7.85. The second-order valence-electron chi connectivity index (χ2n) is 12.3. The highest BCUT2D eigenvalue weighted by molar-refractivity contribution is 9.10. The van der Waals surface area contributed by atoms with Gasteiger partial charge >= 0.3 is 0 Å². The van der Waals surface area contributed by atoms with Gasteiger partial charge in [-0.2, -0.15) is 4.57 Å². The Bertz CT molecular complexity index is 1390. The molecule has 5 aliphatic rings. The quantitative estimate of drug-likeness (QED) is 0.256. The van der Waals surface area contributed by atoms with Crippen LogP contribution in [0.5, 0.6) is 0 Å². The van der Waals surface area contributed by atoms with Crippen molar-refractivity contribution < 1.29 is 4.57 Å². The molecule has 32 heavy (non-hydrogen) atoms. The first kappa shape index (κ1) is 19.0. The van der Waals surface area contributed by atoms with E-state index >= 15 is 0 Å². The third kappa shape index (κ3) is 1.66. The van der Waals surface area contributed by atoms with Crippen molar-refractivity contribution in [3.05, 3.63) is 51.6 Å². The van der Waals surface area contributed by atoms with Gasteiger partial charge < -0.3 is 0 Å². The molecule has 0 saturated heterocycles. The van der Waals surface area contributed by atoms with Gasteiger partial charge in [0, 0.05) is 28.8 Å². The summed E-state index contributed by atoms with van der Waals surface area (Å²) in [6.45, 7) is 9.91. The Labute approximate surface area is 199 Å². The number of nitrogens with zero attached hydrogens (tertiary/aromatic N) is 1. The summed E-state index contributed by atoms with van der Waals surface area (Å²) >= 11 is 3.91. The van der Waals surface area contributed by atoms with Crippen LogP contribution in [0.3, 0.4) is 0 Å². The van der Waals surface area contributed by atoms with Gasteiger partial charge in [-0.1, -0.05) is 41.9 Å². The minimum absolute atomic E-state index is 0.0838. The molecule has 1 aliphatic heterocycles. The molecule has 7 unspecified atom stereocenters. The lowest BCUT2D eigenvalue weighted by Gasteiger charge is -2.67. The Morgan fingerprint density at radius 3 is 2.50 bits per heavy atom. The van der Waals surface area contributed by atoms with E-state index < -0.39 is 0 Å². The summed E-state index contributed by atoms with van der Waals surface area (Å²) < 4.78 is 4.04. The number of benzene rings is 2. The lowest BCUT2D eigenvalue weighted by molar-refractivity contribution is -0.751. The summed E-state index contributed by atoms with van der Waals surface area (Å²) in [5, 5.41) is 4.49. The van der Waals surface area contributed by atoms with Crippen molar-refractivity contribution in [1.29, 1.82) is 0 Å². The highest BCUT2D eigenvalue weighted by Gasteiger charge is 2.73. The molecule has 1 spiro atoms. The third-order valence-corrected chi connectivity index (χ3v) is 12.8. The molecule has 3 aromatic rings. The Morgan fingerprint density at radius 1 is 0.969 bits per heavy atom. The molecule has 2 aromatic carbocycles. The molecule has 2 bridgehead atoms. The second kappa shape index (κ2) is 5.45. The van der Waals surface area contributed by atoms with Gasteiger partial charge in [0.2, 0.25) is 5.52 Å². The van der Waals surface area contributed by atoms with Gasteiger partial charge in [0.15, 0.2) is 11.7 Å². The maximum absolute atomic E-state index is 3.91. The lowest BCUT2D eigenvalue weighted by atomic mass is 9.36. The molecule has 8 rings (SSSR count). The molecule has 1 aromatic heterocycles. The fourth-order valence-corrected chi connectivity index (χ4v) is 10.5. The van der Waals surface area contributed by atoms with E-state index in [4.69, 9.17) is 0 Å². The van der Waals surface area contributed by atoms with E-state index in [1.54, 1.807) is 22.1 Å². The van der Waals surface area contributed by atoms with Gasteiger partial charge in [-0.3, -0.25) is 0 Å². The van der Waals surface area contributed by atoms with Gasteiger partial charge in [0.05, 0.1) is 16.2 Å². The monoisotopic (exact) mass is 486 g/mol. The molecule has 4 aliphatic carbocycles. The largest absolute Gasteiger partial charge is 0.221 e. The van der Waals surface area contributed by atoms with Crippen molar-refractivity contribution in [3.8, 4) is 0 Å². The zero-order valence-corrected chi connectivity index (χ0v) is 21.3. The minimum atomic E-state index is 0.0838. The molecule has 1 nitrogen and oxygen atoms in total. The second-order valence-corrected chi connectivity index (χ2v) is 13.2. The number of fused-ring (bicyclic) bond motifs is 5. The van der Waals surface area contributed by atoms with E-state index in [9.17, 15) is 0 Å². The van der Waals surface area contributed by atoms with Crippen LogP contribution >= 0.6 is 15.9 Å². The molecule has 164 valence electrons. The number of hydrogen-bond acceptors (Lipinski definition) is 0. The molecule has 0 N–H and O–H groups in total. The summed E-state index contributed by atoms with van der Waals surface area (Å²) in [5.74, 6) is 3.69. The topological polar surface area (TPSA) is 3.88 Å². The maximum atomic E-state index is 3.91. The Balaban J connectivity index is 1.58. The first-order valence-corrected chi connectivity index (χ1v) is 13.8. The fourth-order valence-electron chi connectivity index (χ4n) is 10.0. The lowest BCUT2D eigenvalue weighted by Crippen LogP contribution is -2.67. The van der Waals surface area contributed by atoms with Crippen LogP contribution in [-0.4, -0.2) is 0 Å². The molecular formula is C30H33BrN+. The van der Waals surface area contributed by atoms with Crippen LogP contribution < -0.4 is 4.57 Å². The molecule has 0 radical (unpaired) electrons. The third-order valence-electron chi connectivity index (χ3n) is 12.1. The first-order valence-electron chi connectivity index (χ1n) is 13.0. The predicted molar refractivity (Wildman–Crippen MR) is 134 cm³/mol. The van der Waals surface area contributed by atoms with E-state index in [-0.39, 0.29) is 11.0 Å². The summed E-state index contributed by atoms with van der Waals surface area (Å²) in [6, 6.07) is 9.67. The van der Waals surface area contributed by atoms with Crippen molar-refractivity contribution in [3.63, 3.8) is 0 Å². The number of aromatic nitrogens is 1.